The molecule has 0 bridgehead atoms. The van der Waals surface area contributed by atoms with Gasteiger partial charge in [0.25, 0.3) is 5.91 Å². The third-order valence-corrected chi connectivity index (χ3v) is 4.74. The van der Waals surface area contributed by atoms with Gasteiger partial charge >= 0.3 is 0 Å². The normalized spacial score (nSPS) is 13.4. The maximum Gasteiger partial charge on any atom is 0.273 e. The minimum absolute atomic E-state index is 0.187. The van der Waals surface area contributed by atoms with Crippen LogP contribution in [0.4, 0.5) is 5.82 Å². The van der Waals surface area contributed by atoms with Gasteiger partial charge in [-0.3, -0.25) is 14.9 Å². The lowest BCUT2D eigenvalue weighted by Gasteiger charge is -2.30. The summed E-state index contributed by atoms with van der Waals surface area (Å²) in [6, 6.07) is 5.62. The quantitative estimate of drug-likeness (QED) is 0.745. The Balaban J connectivity index is 1.72. The summed E-state index contributed by atoms with van der Waals surface area (Å²) < 4.78 is 0. The summed E-state index contributed by atoms with van der Waals surface area (Å²) in [6.07, 6.45) is 3.81. The first kappa shape index (κ1) is 17.4. The van der Waals surface area contributed by atoms with E-state index in [0.717, 1.165) is 17.1 Å². The van der Waals surface area contributed by atoms with Crippen LogP contribution in [-0.2, 0) is 13.0 Å². The number of pyridine rings is 1. The van der Waals surface area contributed by atoms with Crippen molar-refractivity contribution in [2.75, 3.05) is 25.5 Å². The molecule has 1 aliphatic heterocycles. The Kier molecular flexibility index (Phi) is 4.49. The van der Waals surface area contributed by atoms with Crippen LogP contribution in [0.25, 0.3) is 11.5 Å². The fourth-order valence-corrected chi connectivity index (χ4v) is 3.31. The predicted molar refractivity (Wildman–Crippen MR) is 102 cm³/mol. The van der Waals surface area contributed by atoms with E-state index in [4.69, 9.17) is 21.6 Å². The van der Waals surface area contributed by atoms with E-state index >= 15 is 0 Å². The van der Waals surface area contributed by atoms with Crippen molar-refractivity contribution in [2.24, 2.45) is 0 Å². The number of anilines is 1. The standard InChI is InChI=1S/C18H18ClN7O/c1-25(2)17-11-6-8-26(18(27)15-12(19)9-21-24-15)10-14(11)22-16(23-17)13-5-3-4-7-20-13/h3-5,7,9H,6,8,10H2,1-2H3,(H,21,24). The fourth-order valence-electron chi connectivity index (χ4n) is 3.14. The molecule has 138 valence electrons. The van der Waals surface area contributed by atoms with Crippen molar-refractivity contribution in [3.8, 4) is 11.5 Å². The molecule has 1 amide bonds. The number of halogens is 1. The Bertz CT molecular complexity index is 987. The number of carbonyl (C=O) groups is 1. The maximum absolute atomic E-state index is 12.8. The summed E-state index contributed by atoms with van der Waals surface area (Å²) in [7, 11) is 3.90. The van der Waals surface area contributed by atoms with Crippen LogP contribution in [0, 0.1) is 0 Å². The average Bonchev–Trinajstić information content (AvgIpc) is 3.12. The molecule has 3 aromatic rings. The molecule has 0 radical (unpaired) electrons. The molecule has 0 saturated carbocycles. The number of fused-ring (bicyclic) bond motifs is 1. The molecule has 1 N–H and O–H groups in total. The van der Waals surface area contributed by atoms with Crippen molar-refractivity contribution in [2.45, 2.75) is 13.0 Å². The molecule has 9 heteroatoms. The second-order valence-corrected chi connectivity index (χ2v) is 6.88. The Morgan fingerprint density at radius 2 is 2.15 bits per heavy atom. The zero-order chi connectivity index (χ0) is 19.0. The molecule has 0 aromatic carbocycles. The van der Waals surface area contributed by atoms with E-state index in [0.29, 0.717) is 41.7 Å². The second kappa shape index (κ2) is 6.96. The van der Waals surface area contributed by atoms with Crippen molar-refractivity contribution >= 4 is 23.3 Å². The third-order valence-electron chi connectivity index (χ3n) is 4.46. The van der Waals surface area contributed by atoms with Crippen LogP contribution < -0.4 is 4.90 Å². The molecule has 1 aliphatic rings. The molecule has 4 rings (SSSR count). The van der Waals surface area contributed by atoms with Gasteiger partial charge < -0.3 is 9.80 Å². The van der Waals surface area contributed by atoms with Gasteiger partial charge in [0, 0.05) is 32.4 Å². The molecule has 4 heterocycles. The van der Waals surface area contributed by atoms with Crippen LogP contribution in [0.15, 0.2) is 30.6 Å². The van der Waals surface area contributed by atoms with Gasteiger partial charge in [-0.1, -0.05) is 17.7 Å². The molecular formula is C18H18ClN7O. The summed E-state index contributed by atoms with van der Waals surface area (Å²) in [5.41, 5.74) is 2.87. The van der Waals surface area contributed by atoms with Crippen LogP contribution in [0.1, 0.15) is 21.7 Å². The zero-order valence-electron chi connectivity index (χ0n) is 15.0. The van der Waals surface area contributed by atoms with Crippen molar-refractivity contribution in [3.05, 3.63) is 52.6 Å². The lowest BCUT2D eigenvalue weighted by molar-refractivity contribution is 0.0726. The molecule has 0 aliphatic carbocycles. The highest BCUT2D eigenvalue weighted by Gasteiger charge is 2.28. The van der Waals surface area contributed by atoms with Gasteiger partial charge in [0.15, 0.2) is 5.82 Å². The number of aromatic nitrogens is 5. The van der Waals surface area contributed by atoms with E-state index in [2.05, 4.69) is 15.2 Å². The molecule has 0 atom stereocenters. The number of nitrogens with one attached hydrogen (secondary N) is 1. The number of amides is 1. The van der Waals surface area contributed by atoms with E-state index in [1.165, 1.54) is 6.20 Å². The van der Waals surface area contributed by atoms with Gasteiger partial charge in [-0.2, -0.15) is 5.10 Å². The predicted octanol–water partition coefficient (Wildman–Crippen LogP) is 2.18. The minimum atomic E-state index is -0.187. The summed E-state index contributed by atoms with van der Waals surface area (Å²) in [6.45, 7) is 0.945. The highest BCUT2D eigenvalue weighted by atomic mass is 35.5. The first-order valence-corrected chi connectivity index (χ1v) is 8.89. The van der Waals surface area contributed by atoms with Gasteiger partial charge in [0.05, 0.1) is 23.5 Å². The monoisotopic (exact) mass is 383 g/mol. The highest BCUT2D eigenvalue weighted by molar-refractivity contribution is 6.33. The smallest absolute Gasteiger partial charge is 0.273 e. The number of hydrogen-bond acceptors (Lipinski definition) is 6. The van der Waals surface area contributed by atoms with Gasteiger partial charge in [0.2, 0.25) is 0 Å². The number of hydrogen-bond donors (Lipinski definition) is 1. The SMILES string of the molecule is CN(C)c1nc(-c2ccccn2)nc2c1CCN(C(=O)c1[nH]ncc1Cl)C2. The highest BCUT2D eigenvalue weighted by Crippen LogP contribution is 2.29. The molecular weight excluding hydrogens is 366 g/mol. The molecule has 3 aromatic heterocycles. The summed E-state index contributed by atoms with van der Waals surface area (Å²) in [4.78, 5) is 30.2. The Morgan fingerprint density at radius 3 is 2.81 bits per heavy atom. The van der Waals surface area contributed by atoms with Crippen molar-refractivity contribution in [1.29, 1.82) is 0 Å². The lowest BCUT2D eigenvalue weighted by Crippen LogP contribution is -2.37. The molecule has 27 heavy (non-hydrogen) atoms. The topological polar surface area (TPSA) is 90.9 Å². The Labute approximate surface area is 161 Å². The third kappa shape index (κ3) is 3.23. The van der Waals surface area contributed by atoms with Crippen LogP contribution in [0.3, 0.4) is 0 Å². The molecule has 0 saturated heterocycles. The molecule has 0 fully saturated rings. The van der Waals surface area contributed by atoms with Crippen LogP contribution >= 0.6 is 11.6 Å². The molecule has 0 unspecified atom stereocenters. The second-order valence-electron chi connectivity index (χ2n) is 6.48. The van der Waals surface area contributed by atoms with Gasteiger partial charge in [-0.05, 0) is 18.6 Å². The first-order chi connectivity index (χ1) is 13.0. The van der Waals surface area contributed by atoms with Crippen LogP contribution in [0.5, 0.6) is 0 Å². The largest absolute Gasteiger partial charge is 0.362 e. The maximum atomic E-state index is 12.8. The molecule has 8 nitrogen and oxygen atoms in total. The Morgan fingerprint density at radius 1 is 1.30 bits per heavy atom. The first-order valence-electron chi connectivity index (χ1n) is 8.51. The summed E-state index contributed by atoms with van der Waals surface area (Å²) in [5, 5.41) is 6.81. The lowest BCUT2D eigenvalue weighted by atomic mass is 10.0. The van der Waals surface area contributed by atoms with Crippen molar-refractivity contribution in [1.82, 2.24) is 30.0 Å². The number of carbonyl (C=O) groups excluding carboxylic acids is 1. The number of rotatable bonds is 3. The van der Waals surface area contributed by atoms with E-state index in [1.54, 1.807) is 11.1 Å². The van der Waals surface area contributed by atoms with E-state index in [9.17, 15) is 4.79 Å². The van der Waals surface area contributed by atoms with Gasteiger partial charge in [-0.25, -0.2) is 9.97 Å². The summed E-state index contributed by atoms with van der Waals surface area (Å²) >= 11 is 6.04. The number of aromatic amines is 1. The van der Waals surface area contributed by atoms with E-state index in [-0.39, 0.29) is 5.91 Å². The molecule has 0 spiro atoms. The van der Waals surface area contributed by atoms with Gasteiger partial charge in [-0.15, -0.1) is 0 Å². The van der Waals surface area contributed by atoms with Crippen molar-refractivity contribution < 1.29 is 4.79 Å². The van der Waals surface area contributed by atoms with E-state index < -0.39 is 0 Å². The van der Waals surface area contributed by atoms with Crippen LogP contribution in [-0.4, -0.2) is 56.6 Å². The summed E-state index contributed by atoms with van der Waals surface area (Å²) in [5.74, 6) is 1.21. The zero-order valence-corrected chi connectivity index (χ0v) is 15.7. The van der Waals surface area contributed by atoms with E-state index in [1.807, 2.05) is 37.2 Å². The van der Waals surface area contributed by atoms with Crippen molar-refractivity contribution in [3.63, 3.8) is 0 Å². The number of H-pyrrole nitrogens is 1. The van der Waals surface area contributed by atoms with Gasteiger partial charge in [0.1, 0.15) is 17.2 Å². The fraction of sp³-hybridized carbons (Fsp3) is 0.278. The average molecular weight is 384 g/mol. The number of nitrogens with zero attached hydrogens (tertiary/aromatic N) is 6. The van der Waals surface area contributed by atoms with Crippen LogP contribution in [0.2, 0.25) is 5.02 Å². The Hall–Kier alpha value is -3.00. The minimum Gasteiger partial charge on any atom is -0.362 e.